The van der Waals surface area contributed by atoms with Gasteiger partial charge in [0, 0.05) is 31.2 Å². The summed E-state index contributed by atoms with van der Waals surface area (Å²) in [6, 6.07) is 4.80. The van der Waals surface area contributed by atoms with E-state index in [0.717, 1.165) is 19.4 Å². The molecule has 2 atom stereocenters. The van der Waals surface area contributed by atoms with E-state index in [2.05, 4.69) is 23.2 Å². The van der Waals surface area contributed by atoms with E-state index < -0.39 is 5.82 Å². The SMILES string of the molecule is C#CCOc1cc(F)ccc1NC(=O)N1CC[C@H]2CC[C@@H](C1)N2C. The molecule has 0 aromatic heterocycles. The number of urea groups is 1. The van der Waals surface area contributed by atoms with Crippen LogP contribution in [0.5, 0.6) is 5.75 Å². The lowest BCUT2D eigenvalue weighted by Crippen LogP contribution is -2.41. The first-order chi connectivity index (χ1) is 11.6. The molecule has 2 saturated heterocycles. The summed E-state index contributed by atoms with van der Waals surface area (Å²) in [7, 11) is 2.13. The maximum Gasteiger partial charge on any atom is 0.322 e. The van der Waals surface area contributed by atoms with Gasteiger partial charge >= 0.3 is 6.03 Å². The maximum absolute atomic E-state index is 13.4. The normalized spacial score (nSPS) is 23.5. The Hall–Kier alpha value is -2.26. The molecule has 6 heteroatoms. The highest BCUT2D eigenvalue weighted by Gasteiger charge is 2.36. The second-order valence-corrected chi connectivity index (χ2v) is 6.35. The van der Waals surface area contributed by atoms with Crippen LogP contribution in [0.2, 0.25) is 0 Å². The lowest BCUT2D eigenvalue weighted by atomic mass is 10.1. The number of halogens is 1. The number of rotatable bonds is 3. The first-order valence-electron chi connectivity index (χ1n) is 8.22. The number of likely N-dealkylation sites (N-methyl/N-ethyl adjacent to an activating group) is 1. The smallest absolute Gasteiger partial charge is 0.322 e. The molecule has 5 nitrogen and oxygen atoms in total. The number of anilines is 1. The molecule has 2 fully saturated rings. The number of nitrogens with one attached hydrogen (secondary N) is 1. The summed E-state index contributed by atoms with van der Waals surface area (Å²) in [4.78, 5) is 16.8. The highest BCUT2D eigenvalue weighted by molar-refractivity contribution is 5.91. The number of hydrogen-bond acceptors (Lipinski definition) is 3. The summed E-state index contributed by atoms with van der Waals surface area (Å²) in [5.74, 6) is 2.15. The molecule has 3 rings (SSSR count). The number of terminal acetylenes is 1. The van der Waals surface area contributed by atoms with Crippen molar-refractivity contribution in [2.24, 2.45) is 0 Å². The summed E-state index contributed by atoms with van der Waals surface area (Å²) in [6.45, 7) is 1.45. The Bertz CT molecular complexity index is 658. The minimum absolute atomic E-state index is 0.0184. The zero-order valence-corrected chi connectivity index (χ0v) is 13.8. The summed E-state index contributed by atoms with van der Waals surface area (Å²) < 4.78 is 18.7. The fourth-order valence-electron chi connectivity index (χ4n) is 3.53. The lowest BCUT2D eigenvalue weighted by molar-refractivity contribution is 0.200. The van der Waals surface area contributed by atoms with Gasteiger partial charge in [0.2, 0.25) is 0 Å². The molecule has 1 aromatic rings. The molecule has 128 valence electrons. The molecule has 2 amide bonds. The molecule has 2 aliphatic rings. The molecule has 1 N–H and O–H groups in total. The van der Waals surface area contributed by atoms with Gasteiger partial charge in [0.05, 0.1) is 5.69 Å². The van der Waals surface area contributed by atoms with Crippen molar-refractivity contribution in [1.82, 2.24) is 9.80 Å². The van der Waals surface area contributed by atoms with Crippen molar-refractivity contribution in [3.63, 3.8) is 0 Å². The Morgan fingerprint density at radius 3 is 3.00 bits per heavy atom. The maximum atomic E-state index is 13.4. The van der Waals surface area contributed by atoms with Crippen molar-refractivity contribution in [3.8, 4) is 18.1 Å². The van der Waals surface area contributed by atoms with Gasteiger partial charge in [0.15, 0.2) is 0 Å². The van der Waals surface area contributed by atoms with Crippen LogP contribution in [0.4, 0.5) is 14.9 Å². The van der Waals surface area contributed by atoms with E-state index in [4.69, 9.17) is 11.2 Å². The number of hydrogen-bond donors (Lipinski definition) is 1. The van der Waals surface area contributed by atoms with Gasteiger partial charge in [-0.3, -0.25) is 4.90 Å². The topological polar surface area (TPSA) is 44.8 Å². The Labute approximate surface area is 141 Å². The molecular weight excluding hydrogens is 309 g/mol. The molecule has 24 heavy (non-hydrogen) atoms. The predicted octanol–water partition coefficient (Wildman–Crippen LogP) is 2.54. The highest BCUT2D eigenvalue weighted by Crippen LogP contribution is 2.30. The van der Waals surface area contributed by atoms with Gasteiger partial charge in [-0.2, -0.15) is 0 Å². The number of likely N-dealkylation sites (tertiary alicyclic amines) is 1. The third-order valence-electron chi connectivity index (χ3n) is 4.93. The minimum atomic E-state index is -0.436. The van der Waals surface area contributed by atoms with Gasteiger partial charge in [-0.15, -0.1) is 6.42 Å². The number of benzene rings is 1. The molecule has 0 spiro atoms. The fourth-order valence-corrected chi connectivity index (χ4v) is 3.53. The highest BCUT2D eigenvalue weighted by atomic mass is 19.1. The van der Waals surface area contributed by atoms with E-state index >= 15 is 0 Å². The standard InChI is InChI=1S/C18H22FN3O2/c1-3-10-24-17-11-13(19)4-7-16(17)20-18(23)22-9-8-14-5-6-15(12-22)21(14)2/h1,4,7,11,14-15H,5-6,8-10,12H2,2H3,(H,20,23)/t14-,15+/m1/s1. The lowest BCUT2D eigenvalue weighted by Gasteiger charge is -2.26. The number of nitrogens with zero attached hydrogens (tertiary/aromatic N) is 2. The van der Waals surface area contributed by atoms with Crippen LogP contribution < -0.4 is 10.1 Å². The third kappa shape index (κ3) is 3.46. The zero-order chi connectivity index (χ0) is 17.1. The average molecular weight is 331 g/mol. The zero-order valence-electron chi connectivity index (χ0n) is 13.8. The van der Waals surface area contributed by atoms with Crippen LogP contribution >= 0.6 is 0 Å². The van der Waals surface area contributed by atoms with Crippen LogP contribution in [0.15, 0.2) is 18.2 Å². The van der Waals surface area contributed by atoms with Crippen LogP contribution in [0, 0.1) is 18.2 Å². The molecule has 0 unspecified atom stereocenters. The largest absolute Gasteiger partial charge is 0.479 e. The van der Waals surface area contributed by atoms with E-state index in [9.17, 15) is 9.18 Å². The van der Waals surface area contributed by atoms with Crippen molar-refractivity contribution in [3.05, 3.63) is 24.0 Å². The summed E-state index contributed by atoms with van der Waals surface area (Å²) in [5.41, 5.74) is 0.430. The summed E-state index contributed by atoms with van der Waals surface area (Å²) in [5, 5.41) is 2.83. The second kappa shape index (κ2) is 7.10. The third-order valence-corrected chi connectivity index (χ3v) is 4.93. The van der Waals surface area contributed by atoms with Gasteiger partial charge in [0.25, 0.3) is 0 Å². The minimum Gasteiger partial charge on any atom is -0.479 e. The summed E-state index contributed by atoms with van der Waals surface area (Å²) >= 11 is 0. The number of carbonyl (C=O) groups excluding carboxylic acids is 1. The Kier molecular flexibility index (Phi) is 4.91. The monoisotopic (exact) mass is 331 g/mol. The fraction of sp³-hybridized carbons (Fsp3) is 0.500. The number of ether oxygens (including phenoxy) is 1. The van der Waals surface area contributed by atoms with E-state index in [-0.39, 0.29) is 18.4 Å². The van der Waals surface area contributed by atoms with Crippen molar-refractivity contribution >= 4 is 11.7 Å². The molecule has 1 aromatic carbocycles. The van der Waals surface area contributed by atoms with Gasteiger partial charge in [-0.25, -0.2) is 9.18 Å². The molecule has 2 bridgehead atoms. The van der Waals surface area contributed by atoms with Crippen LogP contribution in [0.1, 0.15) is 19.3 Å². The molecule has 0 aliphatic carbocycles. The first-order valence-corrected chi connectivity index (χ1v) is 8.22. The van der Waals surface area contributed by atoms with E-state index in [1.807, 2.05) is 4.90 Å². The van der Waals surface area contributed by atoms with Crippen LogP contribution in [-0.2, 0) is 0 Å². The quantitative estimate of drug-likeness (QED) is 0.866. The Morgan fingerprint density at radius 1 is 1.42 bits per heavy atom. The number of carbonyl (C=O) groups is 1. The molecule has 2 heterocycles. The van der Waals surface area contributed by atoms with Crippen LogP contribution in [0.25, 0.3) is 0 Å². The molecule has 2 aliphatic heterocycles. The number of amides is 2. The van der Waals surface area contributed by atoms with Gasteiger partial charge in [0.1, 0.15) is 18.2 Å². The predicted molar refractivity (Wildman–Crippen MR) is 90.5 cm³/mol. The van der Waals surface area contributed by atoms with Crippen molar-refractivity contribution in [1.29, 1.82) is 0 Å². The van der Waals surface area contributed by atoms with Crippen LogP contribution in [0.3, 0.4) is 0 Å². The Morgan fingerprint density at radius 2 is 2.21 bits per heavy atom. The van der Waals surface area contributed by atoms with E-state index in [1.54, 1.807) is 0 Å². The molecule has 0 radical (unpaired) electrons. The first kappa shape index (κ1) is 16.6. The van der Waals surface area contributed by atoms with Crippen molar-refractivity contribution < 1.29 is 13.9 Å². The average Bonchev–Trinajstić information content (AvgIpc) is 2.80. The Balaban J connectivity index is 1.69. The summed E-state index contributed by atoms with van der Waals surface area (Å²) in [6.07, 6.45) is 8.49. The van der Waals surface area contributed by atoms with Gasteiger partial charge < -0.3 is 15.0 Å². The van der Waals surface area contributed by atoms with Crippen molar-refractivity contribution in [2.75, 3.05) is 32.1 Å². The second-order valence-electron chi connectivity index (χ2n) is 6.35. The molecule has 0 saturated carbocycles. The van der Waals surface area contributed by atoms with E-state index in [0.29, 0.717) is 24.3 Å². The van der Waals surface area contributed by atoms with Gasteiger partial charge in [-0.1, -0.05) is 5.92 Å². The van der Waals surface area contributed by atoms with Crippen molar-refractivity contribution in [2.45, 2.75) is 31.3 Å². The van der Waals surface area contributed by atoms with Gasteiger partial charge in [-0.05, 0) is 38.4 Å². The van der Waals surface area contributed by atoms with Crippen LogP contribution in [-0.4, -0.2) is 54.7 Å². The van der Waals surface area contributed by atoms with E-state index in [1.165, 1.54) is 24.6 Å². The molecular formula is C18H22FN3O2. The number of fused-ring (bicyclic) bond motifs is 2.